The number of phenols is 3. The largest absolute Gasteiger partial charge is 0.504 e. The molecule has 2 rings (SSSR count). The Labute approximate surface area is 115 Å². The van der Waals surface area contributed by atoms with Gasteiger partial charge in [0.25, 0.3) is 0 Å². The van der Waals surface area contributed by atoms with Crippen LogP contribution in [-0.2, 0) is 6.54 Å². The Hall–Kier alpha value is -0.720. The van der Waals surface area contributed by atoms with E-state index in [4.69, 9.17) is 0 Å². The molecule has 18 heavy (non-hydrogen) atoms. The van der Waals surface area contributed by atoms with Gasteiger partial charge >= 0.3 is 0 Å². The highest BCUT2D eigenvalue weighted by atomic mass is 32.2. The molecule has 1 unspecified atom stereocenters. The SMILES string of the molecule is Oc1ccc(CNCC2CSCCS2)c(O)c1O. The summed E-state index contributed by atoms with van der Waals surface area (Å²) in [7, 11) is 0. The summed E-state index contributed by atoms with van der Waals surface area (Å²) in [5, 5.41) is 32.2. The minimum absolute atomic E-state index is 0.242. The van der Waals surface area contributed by atoms with Gasteiger partial charge in [-0.25, -0.2) is 0 Å². The maximum Gasteiger partial charge on any atom is 0.200 e. The van der Waals surface area contributed by atoms with Crippen LogP contribution in [0, 0.1) is 0 Å². The van der Waals surface area contributed by atoms with E-state index in [1.54, 1.807) is 6.07 Å². The lowest BCUT2D eigenvalue weighted by Crippen LogP contribution is -2.28. The number of phenolic OH excluding ortho intramolecular Hbond substituents is 3. The van der Waals surface area contributed by atoms with Gasteiger partial charge in [-0.15, -0.1) is 0 Å². The molecule has 1 heterocycles. The molecule has 0 aromatic heterocycles. The fourth-order valence-electron chi connectivity index (χ4n) is 1.78. The summed E-state index contributed by atoms with van der Waals surface area (Å²) in [6, 6.07) is 3.00. The number of rotatable bonds is 4. The number of thioether (sulfide) groups is 2. The monoisotopic (exact) mass is 287 g/mol. The summed E-state index contributed by atoms with van der Waals surface area (Å²) in [5.74, 6) is 2.60. The van der Waals surface area contributed by atoms with Crippen molar-refractivity contribution in [1.29, 1.82) is 0 Å². The van der Waals surface area contributed by atoms with Crippen LogP contribution in [0.2, 0.25) is 0 Å². The fourth-order valence-corrected chi connectivity index (χ4v) is 4.42. The number of aromatic hydroxyl groups is 3. The van der Waals surface area contributed by atoms with Gasteiger partial charge in [0, 0.05) is 41.2 Å². The van der Waals surface area contributed by atoms with E-state index < -0.39 is 5.75 Å². The molecule has 0 amide bonds. The van der Waals surface area contributed by atoms with Gasteiger partial charge in [-0.2, -0.15) is 23.5 Å². The molecule has 100 valence electrons. The van der Waals surface area contributed by atoms with Crippen LogP contribution >= 0.6 is 23.5 Å². The average molecular weight is 287 g/mol. The zero-order chi connectivity index (χ0) is 13.0. The Kier molecular flexibility index (Phi) is 4.91. The second-order valence-corrected chi connectivity index (χ2v) is 6.70. The molecule has 0 saturated carbocycles. The van der Waals surface area contributed by atoms with Gasteiger partial charge in [0.15, 0.2) is 11.5 Å². The topological polar surface area (TPSA) is 72.7 Å². The lowest BCUT2D eigenvalue weighted by Gasteiger charge is -2.21. The summed E-state index contributed by atoms with van der Waals surface area (Å²) in [6.07, 6.45) is 0. The minimum Gasteiger partial charge on any atom is -0.504 e. The van der Waals surface area contributed by atoms with Crippen molar-refractivity contribution in [1.82, 2.24) is 5.32 Å². The van der Waals surface area contributed by atoms with Crippen molar-refractivity contribution in [3.05, 3.63) is 17.7 Å². The Morgan fingerprint density at radius 2 is 2.00 bits per heavy atom. The normalized spacial score (nSPS) is 19.9. The van der Waals surface area contributed by atoms with E-state index in [0.717, 1.165) is 12.3 Å². The lowest BCUT2D eigenvalue weighted by atomic mass is 10.1. The molecule has 0 radical (unpaired) electrons. The summed E-state index contributed by atoms with van der Waals surface area (Å²) < 4.78 is 0. The van der Waals surface area contributed by atoms with Gasteiger partial charge < -0.3 is 20.6 Å². The molecule has 0 aliphatic carbocycles. The molecule has 1 atom stereocenters. The third-order valence-corrected chi connectivity index (χ3v) is 5.63. The molecule has 0 bridgehead atoms. The number of hydrogen-bond donors (Lipinski definition) is 4. The van der Waals surface area contributed by atoms with Crippen molar-refractivity contribution >= 4 is 23.5 Å². The highest BCUT2D eigenvalue weighted by Gasteiger charge is 2.15. The fraction of sp³-hybridized carbons (Fsp3) is 0.500. The molecule has 1 aliphatic rings. The van der Waals surface area contributed by atoms with Crippen molar-refractivity contribution in [2.24, 2.45) is 0 Å². The maximum absolute atomic E-state index is 9.66. The van der Waals surface area contributed by atoms with Crippen LogP contribution in [0.5, 0.6) is 17.2 Å². The molecular formula is C12H17NO3S2. The zero-order valence-electron chi connectivity index (χ0n) is 9.93. The van der Waals surface area contributed by atoms with Crippen LogP contribution in [0.25, 0.3) is 0 Å². The van der Waals surface area contributed by atoms with Crippen LogP contribution in [0.1, 0.15) is 5.56 Å². The van der Waals surface area contributed by atoms with Crippen molar-refractivity contribution in [3.8, 4) is 17.2 Å². The molecule has 1 aromatic carbocycles. The number of benzene rings is 1. The van der Waals surface area contributed by atoms with Gasteiger partial charge in [0.05, 0.1) is 0 Å². The molecule has 1 aromatic rings. The van der Waals surface area contributed by atoms with E-state index in [9.17, 15) is 15.3 Å². The van der Waals surface area contributed by atoms with Crippen molar-refractivity contribution in [2.75, 3.05) is 23.8 Å². The van der Waals surface area contributed by atoms with Crippen LogP contribution in [-0.4, -0.2) is 44.4 Å². The summed E-state index contributed by atoms with van der Waals surface area (Å²) in [6.45, 7) is 1.38. The Balaban J connectivity index is 1.84. The van der Waals surface area contributed by atoms with Gasteiger partial charge in [0.2, 0.25) is 5.75 Å². The Morgan fingerprint density at radius 3 is 2.72 bits per heavy atom. The number of nitrogens with one attached hydrogen (secondary N) is 1. The van der Waals surface area contributed by atoms with Crippen LogP contribution < -0.4 is 5.32 Å². The summed E-state index contributed by atoms with van der Waals surface area (Å²) in [5.41, 5.74) is 0.596. The Morgan fingerprint density at radius 1 is 1.17 bits per heavy atom. The first-order valence-corrected chi connectivity index (χ1v) is 8.01. The average Bonchev–Trinajstić information content (AvgIpc) is 2.40. The third kappa shape index (κ3) is 3.40. The van der Waals surface area contributed by atoms with E-state index in [0.29, 0.717) is 17.4 Å². The molecule has 6 heteroatoms. The van der Waals surface area contributed by atoms with E-state index in [1.165, 1.54) is 17.6 Å². The lowest BCUT2D eigenvalue weighted by molar-refractivity contribution is 0.364. The molecule has 4 N–H and O–H groups in total. The second-order valence-electron chi connectivity index (χ2n) is 4.14. The second kappa shape index (κ2) is 6.45. The molecule has 1 aliphatic heterocycles. The number of hydrogen-bond acceptors (Lipinski definition) is 6. The van der Waals surface area contributed by atoms with Crippen molar-refractivity contribution in [3.63, 3.8) is 0 Å². The first kappa shape index (κ1) is 13.7. The van der Waals surface area contributed by atoms with Crippen LogP contribution in [0.3, 0.4) is 0 Å². The summed E-state index contributed by atoms with van der Waals surface area (Å²) >= 11 is 3.95. The van der Waals surface area contributed by atoms with Crippen molar-refractivity contribution in [2.45, 2.75) is 11.8 Å². The molecule has 4 nitrogen and oxygen atoms in total. The van der Waals surface area contributed by atoms with Gasteiger partial charge in [-0.1, -0.05) is 6.07 Å². The van der Waals surface area contributed by atoms with Gasteiger partial charge in [-0.05, 0) is 6.07 Å². The zero-order valence-corrected chi connectivity index (χ0v) is 11.6. The smallest absolute Gasteiger partial charge is 0.200 e. The van der Waals surface area contributed by atoms with Gasteiger partial charge in [-0.3, -0.25) is 0 Å². The Bertz CT molecular complexity index is 409. The molecular weight excluding hydrogens is 270 g/mol. The minimum atomic E-state index is -0.447. The molecule has 0 spiro atoms. The van der Waals surface area contributed by atoms with E-state index in [-0.39, 0.29) is 11.5 Å². The molecule has 1 saturated heterocycles. The van der Waals surface area contributed by atoms with E-state index in [2.05, 4.69) is 5.32 Å². The highest BCUT2D eigenvalue weighted by Crippen LogP contribution is 2.36. The quantitative estimate of drug-likeness (QED) is 0.632. The van der Waals surface area contributed by atoms with E-state index >= 15 is 0 Å². The summed E-state index contributed by atoms with van der Waals surface area (Å²) in [4.78, 5) is 0. The van der Waals surface area contributed by atoms with Crippen LogP contribution in [0.15, 0.2) is 12.1 Å². The van der Waals surface area contributed by atoms with Crippen LogP contribution in [0.4, 0.5) is 0 Å². The van der Waals surface area contributed by atoms with Gasteiger partial charge in [0.1, 0.15) is 0 Å². The highest BCUT2D eigenvalue weighted by molar-refractivity contribution is 8.06. The molecule has 1 fully saturated rings. The van der Waals surface area contributed by atoms with E-state index in [1.807, 2.05) is 23.5 Å². The first-order chi connectivity index (χ1) is 8.68. The predicted molar refractivity (Wildman–Crippen MR) is 76.7 cm³/mol. The van der Waals surface area contributed by atoms with Crippen molar-refractivity contribution < 1.29 is 15.3 Å². The first-order valence-electron chi connectivity index (χ1n) is 5.81. The predicted octanol–water partition coefficient (Wildman–Crippen LogP) is 1.74. The standard InChI is InChI=1S/C12H17NO3S2/c14-10-2-1-8(11(15)12(10)16)5-13-6-9-7-17-3-4-18-9/h1-2,9,13-16H,3-7H2. The third-order valence-electron chi connectivity index (χ3n) is 2.79. The maximum atomic E-state index is 9.66.